The Bertz CT molecular complexity index is 1440. The lowest BCUT2D eigenvalue weighted by Gasteiger charge is -2.22. The van der Waals surface area contributed by atoms with Gasteiger partial charge in [-0.2, -0.15) is 13.2 Å². The van der Waals surface area contributed by atoms with E-state index in [4.69, 9.17) is 0 Å². The number of rotatable bonds is 5. The summed E-state index contributed by atoms with van der Waals surface area (Å²) in [5.41, 5.74) is -3.49. The van der Waals surface area contributed by atoms with Crippen molar-refractivity contribution in [3.05, 3.63) is 63.5 Å². The van der Waals surface area contributed by atoms with Gasteiger partial charge < -0.3 is 10.2 Å². The topological polar surface area (TPSA) is 67.2 Å². The molecule has 196 valence electrons. The molecule has 1 unspecified atom stereocenters. The van der Waals surface area contributed by atoms with Gasteiger partial charge in [0, 0.05) is 31.4 Å². The lowest BCUT2D eigenvalue weighted by molar-refractivity contribution is -0.158. The van der Waals surface area contributed by atoms with E-state index in [1.54, 1.807) is 10.2 Å². The van der Waals surface area contributed by atoms with E-state index in [0.29, 0.717) is 36.0 Å². The second-order valence-electron chi connectivity index (χ2n) is 9.15. The van der Waals surface area contributed by atoms with Gasteiger partial charge >= 0.3 is 6.18 Å². The van der Waals surface area contributed by atoms with E-state index < -0.39 is 75.0 Å². The fourth-order valence-corrected chi connectivity index (χ4v) is 4.58. The highest BCUT2D eigenvalue weighted by molar-refractivity contribution is 5.97. The Morgan fingerprint density at radius 2 is 1.62 bits per heavy atom. The molecule has 1 N–H and O–H groups in total. The van der Waals surface area contributed by atoms with Crippen LogP contribution in [-0.4, -0.2) is 40.8 Å². The third-order valence-electron chi connectivity index (χ3n) is 6.52. The SMILES string of the molecule is O=C(NC(C1CC1)C(F)(F)F)c1cn(-c2c(F)cc(F)cc2F)c2nc(N3CCCC3)c(F)cc2c1=O. The zero-order valence-electron chi connectivity index (χ0n) is 19.0. The Hall–Kier alpha value is -3.64. The molecular formula is C24H19F7N4O2. The van der Waals surface area contributed by atoms with Crippen molar-refractivity contribution in [2.24, 2.45) is 5.92 Å². The number of alkyl halides is 3. The smallest absolute Gasteiger partial charge is 0.354 e. The van der Waals surface area contributed by atoms with Crippen molar-refractivity contribution >= 4 is 22.8 Å². The van der Waals surface area contributed by atoms with Gasteiger partial charge in [-0.25, -0.2) is 22.5 Å². The highest BCUT2D eigenvalue weighted by Gasteiger charge is 2.50. The average Bonchev–Trinajstić information content (AvgIpc) is 3.49. The standard InChI is InChI=1S/C24H19F7N4O2/c25-12-7-15(26)18(16(27)8-12)35-10-14(23(37)32-20(11-3-4-11)24(29,30)31)19(36)13-9-17(28)22(33-21(13)35)34-5-1-2-6-34/h7-11,20H,1-6H2,(H,32,37). The predicted octanol–water partition coefficient (Wildman–Crippen LogP) is 4.61. The van der Waals surface area contributed by atoms with Gasteiger partial charge in [0.2, 0.25) is 5.43 Å². The monoisotopic (exact) mass is 528 g/mol. The molecule has 0 spiro atoms. The molecule has 5 rings (SSSR count). The lowest BCUT2D eigenvalue weighted by Crippen LogP contribution is -2.48. The maximum absolute atomic E-state index is 15.0. The zero-order chi connectivity index (χ0) is 26.6. The maximum Gasteiger partial charge on any atom is 0.408 e. The number of nitrogens with one attached hydrogen (secondary N) is 1. The second-order valence-corrected chi connectivity index (χ2v) is 9.15. The number of amides is 1. The molecule has 1 aliphatic heterocycles. The van der Waals surface area contributed by atoms with Crippen molar-refractivity contribution in [2.75, 3.05) is 18.0 Å². The van der Waals surface area contributed by atoms with Crippen LogP contribution in [0.4, 0.5) is 36.6 Å². The minimum Gasteiger partial charge on any atom is -0.354 e. The molecule has 3 heterocycles. The van der Waals surface area contributed by atoms with Crippen molar-refractivity contribution in [3.8, 4) is 5.69 Å². The van der Waals surface area contributed by atoms with Gasteiger partial charge in [-0.15, -0.1) is 0 Å². The Balaban J connectivity index is 1.73. The number of hydrogen-bond acceptors (Lipinski definition) is 4. The summed E-state index contributed by atoms with van der Waals surface area (Å²) in [7, 11) is 0. The van der Waals surface area contributed by atoms with Crippen LogP contribution in [0.15, 0.2) is 29.2 Å². The van der Waals surface area contributed by atoms with Crippen molar-refractivity contribution < 1.29 is 35.5 Å². The van der Waals surface area contributed by atoms with E-state index in [1.807, 2.05) is 0 Å². The molecule has 1 aliphatic carbocycles. The summed E-state index contributed by atoms with van der Waals surface area (Å²) in [6.45, 7) is 0.860. The van der Waals surface area contributed by atoms with Crippen molar-refractivity contribution in [1.29, 1.82) is 0 Å². The number of aromatic nitrogens is 2. The van der Waals surface area contributed by atoms with Gasteiger partial charge in [0.1, 0.15) is 23.1 Å². The van der Waals surface area contributed by atoms with Crippen molar-refractivity contribution in [2.45, 2.75) is 37.9 Å². The number of benzene rings is 1. The fraction of sp³-hybridized carbons (Fsp3) is 0.375. The Labute approximate surface area is 204 Å². The Morgan fingerprint density at radius 3 is 2.19 bits per heavy atom. The number of hydrogen-bond donors (Lipinski definition) is 1. The van der Waals surface area contributed by atoms with Crippen LogP contribution in [0.5, 0.6) is 0 Å². The van der Waals surface area contributed by atoms with Crippen molar-refractivity contribution in [1.82, 2.24) is 14.9 Å². The number of pyridine rings is 2. The van der Waals surface area contributed by atoms with Gasteiger partial charge in [0.25, 0.3) is 5.91 Å². The third-order valence-corrected chi connectivity index (χ3v) is 6.52. The van der Waals surface area contributed by atoms with Gasteiger partial charge in [-0.05, 0) is 37.7 Å². The quantitative estimate of drug-likeness (QED) is 0.492. The number of fused-ring (bicyclic) bond motifs is 1. The summed E-state index contributed by atoms with van der Waals surface area (Å²) in [6.07, 6.45) is -2.28. The molecule has 1 saturated heterocycles. The van der Waals surface area contributed by atoms with Crippen LogP contribution in [0.2, 0.25) is 0 Å². The molecule has 37 heavy (non-hydrogen) atoms. The first kappa shape index (κ1) is 25.0. The minimum absolute atomic E-state index is 0.204. The molecule has 1 amide bonds. The molecule has 2 aromatic heterocycles. The molecule has 2 fully saturated rings. The van der Waals surface area contributed by atoms with Gasteiger partial charge in [0.05, 0.1) is 5.39 Å². The molecule has 1 saturated carbocycles. The zero-order valence-corrected chi connectivity index (χ0v) is 19.0. The summed E-state index contributed by atoms with van der Waals surface area (Å²) >= 11 is 0. The van der Waals surface area contributed by atoms with Gasteiger partial charge in [-0.3, -0.25) is 14.2 Å². The summed E-state index contributed by atoms with van der Waals surface area (Å²) in [6, 6.07) is -0.817. The summed E-state index contributed by atoms with van der Waals surface area (Å²) in [4.78, 5) is 31.7. The van der Waals surface area contributed by atoms with E-state index in [-0.39, 0.29) is 18.7 Å². The summed E-state index contributed by atoms with van der Waals surface area (Å²) in [5, 5.41) is 1.19. The first-order valence-corrected chi connectivity index (χ1v) is 11.5. The first-order valence-electron chi connectivity index (χ1n) is 11.5. The largest absolute Gasteiger partial charge is 0.408 e. The van der Waals surface area contributed by atoms with Crippen LogP contribution in [-0.2, 0) is 0 Å². The Kier molecular flexibility index (Phi) is 6.11. The minimum atomic E-state index is -4.81. The van der Waals surface area contributed by atoms with E-state index in [0.717, 1.165) is 18.9 Å². The van der Waals surface area contributed by atoms with Crippen LogP contribution < -0.4 is 15.6 Å². The molecule has 1 aromatic carbocycles. The van der Waals surface area contributed by atoms with Gasteiger partial charge in [0.15, 0.2) is 28.9 Å². The van der Waals surface area contributed by atoms with E-state index >= 15 is 4.39 Å². The number of carbonyl (C=O) groups excluding carboxylic acids is 1. The van der Waals surface area contributed by atoms with E-state index in [2.05, 4.69) is 4.98 Å². The molecule has 3 aromatic rings. The lowest BCUT2D eigenvalue weighted by atomic mass is 10.1. The predicted molar refractivity (Wildman–Crippen MR) is 119 cm³/mol. The molecule has 0 bridgehead atoms. The Morgan fingerprint density at radius 1 is 1.00 bits per heavy atom. The fourth-order valence-electron chi connectivity index (χ4n) is 4.58. The summed E-state index contributed by atoms with van der Waals surface area (Å²) < 4.78 is 99.2. The molecule has 1 atom stereocenters. The molecule has 6 nitrogen and oxygen atoms in total. The van der Waals surface area contributed by atoms with Crippen molar-refractivity contribution in [3.63, 3.8) is 0 Å². The van der Waals surface area contributed by atoms with E-state index in [9.17, 15) is 35.9 Å². The van der Waals surface area contributed by atoms with Crippen LogP contribution in [0.3, 0.4) is 0 Å². The molecule has 13 heteroatoms. The number of halogens is 7. The van der Waals surface area contributed by atoms with Crippen LogP contribution in [0.25, 0.3) is 16.7 Å². The summed E-state index contributed by atoms with van der Waals surface area (Å²) in [5.74, 6) is -7.62. The molecular weight excluding hydrogens is 509 g/mol. The molecule has 2 aliphatic rings. The van der Waals surface area contributed by atoms with Crippen LogP contribution in [0.1, 0.15) is 36.0 Å². The van der Waals surface area contributed by atoms with Crippen LogP contribution >= 0.6 is 0 Å². The number of anilines is 1. The molecule has 0 radical (unpaired) electrons. The first-order chi connectivity index (χ1) is 17.5. The second kappa shape index (κ2) is 9.03. The normalized spacial score (nSPS) is 16.9. The average molecular weight is 528 g/mol. The van der Waals surface area contributed by atoms with Gasteiger partial charge in [-0.1, -0.05) is 0 Å². The number of carbonyl (C=O) groups is 1. The number of nitrogens with zero attached hydrogens (tertiary/aromatic N) is 3. The highest BCUT2D eigenvalue weighted by atomic mass is 19.4. The maximum atomic E-state index is 15.0. The third kappa shape index (κ3) is 4.62. The van der Waals surface area contributed by atoms with Crippen LogP contribution in [0, 0.1) is 29.2 Å². The van der Waals surface area contributed by atoms with E-state index in [1.165, 1.54) is 0 Å². The highest BCUT2D eigenvalue weighted by Crippen LogP contribution is 2.40.